The van der Waals surface area contributed by atoms with Gasteiger partial charge in [-0.25, -0.2) is 0 Å². The Morgan fingerprint density at radius 1 is 1.14 bits per heavy atom. The van der Waals surface area contributed by atoms with Crippen LogP contribution in [0.5, 0.6) is 0 Å². The molecule has 5 unspecified atom stereocenters. The van der Waals surface area contributed by atoms with Crippen molar-refractivity contribution in [3.63, 3.8) is 0 Å². The molecular weight excluding hydrogens is 266 g/mol. The van der Waals surface area contributed by atoms with Crippen molar-refractivity contribution in [2.24, 2.45) is 29.6 Å². The summed E-state index contributed by atoms with van der Waals surface area (Å²) in [5.74, 6) is -0.0376. The molecule has 4 heteroatoms. The van der Waals surface area contributed by atoms with E-state index >= 15 is 0 Å². The molecule has 0 spiro atoms. The third-order valence-electron chi connectivity index (χ3n) is 5.72. The summed E-state index contributed by atoms with van der Waals surface area (Å²) in [6.45, 7) is 5.06. The normalized spacial score (nSPS) is 36.4. The van der Waals surface area contributed by atoms with Gasteiger partial charge in [0, 0.05) is 6.54 Å². The van der Waals surface area contributed by atoms with Crippen molar-refractivity contribution >= 4 is 11.9 Å². The number of nitrogens with one attached hydrogen (secondary N) is 1. The maximum Gasteiger partial charge on any atom is 0.307 e. The quantitative estimate of drug-likeness (QED) is 0.819. The molecule has 0 aliphatic heterocycles. The highest BCUT2D eigenvalue weighted by Gasteiger charge is 2.42. The van der Waals surface area contributed by atoms with Gasteiger partial charge in [0.05, 0.1) is 11.8 Å². The average Bonchev–Trinajstić information content (AvgIpc) is 2.90. The highest BCUT2D eigenvalue weighted by molar-refractivity contribution is 5.85. The molecule has 2 N–H and O–H groups in total. The average molecular weight is 295 g/mol. The van der Waals surface area contributed by atoms with E-state index in [1.807, 2.05) is 0 Å². The maximum absolute atomic E-state index is 12.4. The lowest BCUT2D eigenvalue weighted by molar-refractivity contribution is -0.146. The molecule has 120 valence electrons. The molecule has 0 aromatic rings. The second kappa shape index (κ2) is 7.28. The van der Waals surface area contributed by atoms with Crippen LogP contribution in [0.4, 0.5) is 0 Å². The molecule has 2 rings (SSSR count). The van der Waals surface area contributed by atoms with Gasteiger partial charge in [0.25, 0.3) is 0 Å². The summed E-state index contributed by atoms with van der Waals surface area (Å²) in [4.78, 5) is 23.8. The fraction of sp³-hybridized carbons (Fsp3) is 0.882. The Kier molecular flexibility index (Phi) is 5.65. The monoisotopic (exact) mass is 295 g/mol. The Bertz CT molecular complexity index is 382. The zero-order valence-electron chi connectivity index (χ0n) is 13.3. The van der Waals surface area contributed by atoms with Crippen LogP contribution in [0.25, 0.3) is 0 Å². The SMILES string of the molecule is CCC1CC(C(=O)O)C(C(=O)NCC2CCCCC2C)C1. The van der Waals surface area contributed by atoms with E-state index in [2.05, 4.69) is 19.2 Å². The van der Waals surface area contributed by atoms with Crippen LogP contribution in [0.3, 0.4) is 0 Å². The van der Waals surface area contributed by atoms with Crippen LogP contribution in [0.1, 0.15) is 58.8 Å². The molecule has 2 aliphatic carbocycles. The Morgan fingerprint density at radius 2 is 1.81 bits per heavy atom. The summed E-state index contributed by atoms with van der Waals surface area (Å²) in [5.41, 5.74) is 0. The van der Waals surface area contributed by atoms with E-state index < -0.39 is 11.9 Å². The molecule has 21 heavy (non-hydrogen) atoms. The van der Waals surface area contributed by atoms with Crippen LogP contribution in [-0.4, -0.2) is 23.5 Å². The number of carbonyl (C=O) groups is 2. The summed E-state index contributed by atoms with van der Waals surface area (Å²) >= 11 is 0. The standard InChI is InChI=1S/C17H29NO3/c1-3-12-8-14(15(9-12)17(20)21)16(19)18-10-13-7-5-4-6-11(13)2/h11-15H,3-10H2,1-2H3,(H,18,19)(H,20,21). The van der Waals surface area contributed by atoms with Gasteiger partial charge in [0.15, 0.2) is 0 Å². The summed E-state index contributed by atoms with van der Waals surface area (Å²) < 4.78 is 0. The minimum Gasteiger partial charge on any atom is -0.481 e. The molecule has 2 fully saturated rings. The van der Waals surface area contributed by atoms with Crippen molar-refractivity contribution in [2.45, 2.75) is 58.8 Å². The summed E-state index contributed by atoms with van der Waals surface area (Å²) in [6, 6.07) is 0. The molecule has 0 aromatic heterocycles. The van der Waals surface area contributed by atoms with E-state index in [4.69, 9.17) is 0 Å². The van der Waals surface area contributed by atoms with E-state index in [-0.39, 0.29) is 11.8 Å². The molecular formula is C17H29NO3. The highest BCUT2D eigenvalue weighted by atomic mass is 16.4. The molecule has 5 atom stereocenters. The zero-order chi connectivity index (χ0) is 15.4. The van der Waals surface area contributed by atoms with Crippen LogP contribution < -0.4 is 5.32 Å². The van der Waals surface area contributed by atoms with Gasteiger partial charge in [0.2, 0.25) is 5.91 Å². The van der Waals surface area contributed by atoms with Crippen molar-refractivity contribution in [1.82, 2.24) is 5.32 Å². The Labute approximate surface area is 127 Å². The fourth-order valence-corrected chi connectivity index (χ4v) is 4.10. The molecule has 0 heterocycles. The van der Waals surface area contributed by atoms with Gasteiger partial charge < -0.3 is 10.4 Å². The lowest BCUT2D eigenvalue weighted by atomic mass is 9.80. The Balaban J connectivity index is 1.88. The van der Waals surface area contributed by atoms with Crippen molar-refractivity contribution < 1.29 is 14.7 Å². The van der Waals surface area contributed by atoms with E-state index in [0.717, 1.165) is 19.4 Å². The second-order valence-corrected chi connectivity index (χ2v) is 7.06. The minimum atomic E-state index is -0.808. The van der Waals surface area contributed by atoms with Crippen molar-refractivity contribution in [1.29, 1.82) is 0 Å². The summed E-state index contributed by atoms with van der Waals surface area (Å²) in [6.07, 6.45) is 7.35. The first kappa shape index (κ1) is 16.3. The lowest BCUT2D eigenvalue weighted by Crippen LogP contribution is -2.39. The van der Waals surface area contributed by atoms with Gasteiger partial charge in [0.1, 0.15) is 0 Å². The van der Waals surface area contributed by atoms with Crippen LogP contribution in [0, 0.1) is 29.6 Å². The lowest BCUT2D eigenvalue weighted by Gasteiger charge is -2.29. The van der Waals surface area contributed by atoms with Gasteiger partial charge in [-0.1, -0.05) is 39.5 Å². The molecule has 0 aromatic carbocycles. The van der Waals surface area contributed by atoms with Crippen LogP contribution >= 0.6 is 0 Å². The molecule has 0 bridgehead atoms. The van der Waals surface area contributed by atoms with Crippen molar-refractivity contribution in [3.05, 3.63) is 0 Å². The van der Waals surface area contributed by atoms with Crippen molar-refractivity contribution in [3.8, 4) is 0 Å². The van der Waals surface area contributed by atoms with E-state index in [0.29, 0.717) is 24.2 Å². The molecule has 4 nitrogen and oxygen atoms in total. The largest absolute Gasteiger partial charge is 0.481 e. The zero-order valence-corrected chi connectivity index (χ0v) is 13.3. The molecule has 0 saturated heterocycles. The number of carboxylic acids is 1. The molecule has 1 amide bonds. The number of hydrogen-bond donors (Lipinski definition) is 2. The Hall–Kier alpha value is -1.06. The van der Waals surface area contributed by atoms with Gasteiger partial charge in [-0.2, -0.15) is 0 Å². The van der Waals surface area contributed by atoms with Crippen LogP contribution in [0.2, 0.25) is 0 Å². The number of amides is 1. The van der Waals surface area contributed by atoms with Gasteiger partial charge in [-0.3, -0.25) is 9.59 Å². The van der Waals surface area contributed by atoms with Gasteiger partial charge >= 0.3 is 5.97 Å². The third kappa shape index (κ3) is 3.98. The number of aliphatic carboxylic acids is 1. The summed E-state index contributed by atoms with van der Waals surface area (Å²) in [7, 11) is 0. The van der Waals surface area contributed by atoms with Gasteiger partial charge in [-0.05, 0) is 37.0 Å². The fourth-order valence-electron chi connectivity index (χ4n) is 4.10. The minimum absolute atomic E-state index is 0.0314. The van der Waals surface area contributed by atoms with E-state index in [1.165, 1.54) is 25.7 Å². The van der Waals surface area contributed by atoms with Crippen molar-refractivity contribution in [2.75, 3.05) is 6.54 Å². The summed E-state index contributed by atoms with van der Waals surface area (Å²) in [5, 5.41) is 12.4. The number of rotatable bonds is 5. The highest BCUT2D eigenvalue weighted by Crippen LogP contribution is 2.38. The van der Waals surface area contributed by atoms with E-state index in [9.17, 15) is 14.7 Å². The predicted octanol–water partition coefficient (Wildman–Crippen LogP) is 3.07. The van der Waals surface area contributed by atoms with Crippen LogP contribution in [0.15, 0.2) is 0 Å². The van der Waals surface area contributed by atoms with Crippen LogP contribution in [-0.2, 0) is 9.59 Å². The first-order chi connectivity index (χ1) is 10.0. The topological polar surface area (TPSA) is 66.4 Å². The van der Waals surface area contributed by atoms with E-state index in [1.54, 1.807) is 0 Å². The molecule has 0 radical (unpaired) electrons. The maximum atomic E-state index is 12.4. The predicted molar refractivity (Wildman–Crippen MR) is 81.8 cm³/mol. The smallest absolute Gasteiger partial charge is 0.307 e. The first-order valence-corrected chi connectivity index (χ1v) is 8.53. The van der Waals surface area contributed by atoms with Gasteiger partial charge in [-0.15, -0.1) is 0 Å². The number of carbonyl (C=O) groups excluding carboxylic acids is 1. The third-order valence-corrected chi connectivity index (χ3v) is 5.72. The first-order valence-electron chi connectivity index (χ1n) is 8.53. The molecule has 2 aliphatic rings. The Morgan fingerprint density at radius 3 is 2.43 bits per heavy atom. The number of hydrogen-bond acceptors (Lipinski definition) is 2. The second-order valence-electron chi connectivity index (χ2n) is 7.06. The molecule has 2 saturated carbocycles. The number of carboxylic acid groups (broad SMARTS) is 1.